The van der Waals surface area contributed by atoms with Crippen LogP contribution in [-0.2, 0) is 6.54 Å². The normalized spacial score (nSPS) is 15.0. The third kappa shape index (κ3) is 3.81. The summed E-state index contributed by atoms with van der Waals surface area (Å²) in [7, 11) is 0. The highest BCUT2D eigenvalue weighted by atomic mass is 19.1. The maximum atomic E-state index is 13.3. The van der Waals surface area contributed by atoms with Gasteiger partial charge < -0.3 is 10.2 Å². The average Bonchev–Trinajstić information content (AvgIpc) is 2.72. The van der Waals surface area contributed by atoms with Gasteiger partial charge in [-0.3, -0.25) is 4.79 Å². The molecule has 0 atom stereocenters. The van der Waals surface area contributed by atoms with E-state index in [4.69, 9.17) is 0 Å². The molecule has 5 nitrogen and oxygen atoms in total. The summed E-state index contributed by atoms with van der Waals surface area (Å²) in [6.07, 6.45) is 2.26. The van der Waals surface area contributed by atoms with E-state index in [1.807, 2.05) is 24.3 Å². The van der Waals surface area contributed by atoms with E-state index in [9.17, 15) is 9.18 Å². The molecule has 0 aliphatic carbocycles. The number of rotatable bonds is 4. The van der Waals surface area contributed by atoms with Gasteiger partial charge in [-0.2, -0.15) is 0 Å². The summed E-state index contributed by atoms with van der Waals surface area (Å²) in [6, 6.07) is 13.9. The second-order valence-corrected chi connectivity index (χ2v) is 7.40. The number of halogens is 1. The Balaban J connectivity index is 1.59. The first-order valence-electron chi connectivity index (χ1n) is 9.65. The van der Waals surface area contributed by atoms with Crippen LogP contribution in [0.2, 0.25) is 0 Å². The SMILES string of the molecule is CC1CCN(c2nnc(C(=O)NCc3cccc(F)c3)c3ccccc23)CC1. The Bertz CT molecular complexity index is 999. The van der Waals surface area contributed by atoms with Crippen LogP contribution in [0.15, 0.2) is 48.5 Å². The van der Waals surface area contributed by atoms with E-state index in [1.54, 1.807) is 12.1 Å². The van der Waals surface area contributed by atoms with Gasteiger partial charge in [0.2, 0.25) is 0 Å². The zero-order chi connectivity index (χ0) is 19.5. The molecule has 1 aliphatic rings. The molecule has 6 heteroatoms. The molecule has 2 aromatic carbocycles. The highest BCUT2D eigenvalue weighted by Gasteiger charge is 2.22. The second kappa shape index (κ2) is 7.92. The van der Waals surface area contributed by atoms with Crippen LogP contribution in [-0.4, -0.2) is 29.2 Å². The van der Waals surface area contributed by atoms with Gasteiger partial charge in [-0.15, -0.1) is 10.2 Å². The molecule has 1 fully saturated rings. The lowest BCUT2D eigenvalue weighted by atomic mass is 9.99. The number of aromatic nitrogens is 2. The lowest BCUT2D eigenvalue weighted by Crippen LogP contribution is -2.34. The Morgan fingerprint density at radius 2 is 1.86 bits per heavy atom. The largest absolute Gasteiger partial charge is 0.355 e. The molecule has 144 valence electrons. The van der Waals surface area contributed by atoms with Gasteiger partial charge >= 0.3 is 0 Å². The molecule has 0 saturated carbocycles. The van der Waals surface area contributed by atoms with Crippen LogP contribution >= 0.6 is 0 Å². The van der Waals surface area contributed by atoms with Gasteiger partial charge in [-0.1, -0.05) is 43.3 Å². The molecule has 0 radical (unpaired) electrons. The summed E-state index contributed by atoms with van der Waals surface area (Å²) in [5.41, 5.74) is 0.991. The van der Waals surface area contributed by atoms with Crippen molar-refractivity contribution in [1.29, 1.82) is 0 Å². The minimum atomic E-state index is -0.322. The summed E-state index contributed by atoms with van der Waals surface area (Å²) < 4.78 is 13.3. The Morgan fingerprint density at radius 1 is 1.11 bits per heavy atom. The highest BCUT2D eigenvalue weighted by Crippen LogP contribution is 2.29. The fraction of sp³-hybridized carbons (Fsp3) is 0.318. The summed E-state index contributed by atoms with van der Waals surface area (Å²) >= 11 is 0. The molecular weight excluding hydrogens is 355 g/mol. The van der Waals surface area contributed by atoms with Crippen LogP contribution in [0.5, 0.6) is 0 Å². The summed E-state index contributed by atoms with van der Waals surface area (Å²) in [4.78, 5) is 15.0. The van der Waals surface area contributed by atoms with Gasteiger partial charge in [0.1, 0.15) is 5.82 Å². The molecule has 1 amide bonds. The fourth-order valence-electron chi connectivity index (χ4n) is 3.62. The third-order valence-electron chi connectivity index (χ3n) is 5.31. The van der Waals surface area contributed by atoms with Crippen LogP contribution in [0.4, 0.5) is 10.2 Å². The number of hydrogen-bond donors (Lipinski definition) is 1. The molecule has 28 heavy (non-hydrogen) atoms. The monoisotopic (exact) mass is 378 g/mol. The predicted molar refractivity (Wildman–Crippen MR) is 108 cm³/mol. The van der Waals surface area contributed by atoms with Crippen molar-refractivity contribution in [2.24, 2.45) is 5.92 Å². The maximum absolute atomic E-state index is 13.3. The molecule has 0 bridgehead atoms. The molecule has 0 unspecified atom stereocenters. The molecule has 0 spiro atoms. The number of nitrogens with one attached hydrogen (secondary N) is 1. The summed E-state index contributed by atoms with van der Waals surface area (Å²) in [5.74, 6) is 0.927. The van der Waals surface area contributed by atoms with Crippen molar-refractivity contribution in [2.75, 3.05) is 18.0 Å². The van der Waals surface area contributed by atoms with Crippen molar-refractivity contribution in [3.05, 3.63) is 65.6 Å². The smallest absolute Gasteiger partial charge is 0.272 e. The number of piperidine rings is 1. The molecule has 4 rings (SSSR count). The second-order valence-electron chi connectivity index (χ2n) is 7.40. The third-order valence-corrected chi connectivity index (χ3v) is 5.31. The van der Waals surface area contributed by atoms with E-state index in [1.165, 1.54) is 12.1 Å². The topological polar surface area (TPSA) is 58.1 Å². The minimum absolute atomic E-state index is 0.234. The Labute approximate surface area is 163 Å². The van der Waals surface area contributed by atoms with E-state index < -0.39 is 0 Å². The molecule has 1 N–H and O–H groups in total. The number of fused-ring (bicyclic) bond motifs is 1. The van der Waals surface area contributed by atoms with E-state index in [0.717, 1.165) is 48.4 Å². The standard InChI is InChI=1S/C22H23FN4O/c1-15-9-11-27(12-10-15)21-19-8-3-2-7-18(19)20(25-26-21)22(28)24-14-16-5-4-6-17(23)13-16/h2-8,13,15H,9-12,14H2,1H3,(H,24,28). The van der Waals surface area contributed by atoms with Gasteiger partial charge in [0, 0.05) is 30.4 Å². The van der Waals surface area contributed by atoms with E-state index in [0.29, 0.717) is 11.3 Å². The zero-order valence-electron chi connectivity index (χ0n) is 15.9. The molecule has 1 aliphatic heterocycles. The van der Waals surface area contributed by atoms with Gasteiger partial charge in [-0.05, 0) is 36.5 Å². The fourth-order valence-corrected chi connectivity index (χ4v) is 3.62. The highest BCUT2D eigenvalue weighted by molar-refractivity contribution is 6.07. The molecule has 1 aromatic heterocycles. The van der Waals surface area contributed by atoms with Crippen LogP contribution < -0.4 is 10.2 Å². The number of amides is 1. The number of carbonyl (C=O) groups excluding carboxylic acids is 1. The molecule has 3 aromatic rings. The lowest BCUT2D eigenvalue weighted by molar-refractivity contribution is 0.0946. The van der Waals surface area contributed by atoms with Crippen LogP contribution in [0.25, 0.3) is 10.8 Å². The number of benzene rings is 2. The number of anilines is 1. The minimum Gasteiger partial charge on any atom is -0.355 e. The van der Waals surface area contributed by atoms with E-state index in [2.05, 4.69) is 27.3 Å². The summed E-state index contributed by atoms with van der Waals surface area (Å²) in [6.45, 7) is 4.40. The van der Waals surface area contributed by atoms with Crippen molar-refractivity contribution in [2.45, 2.75) is 26.3 Å². The van der Waals surface area contributed by atoms with E-state index in [-0.39, 0.29) is 18.3 Å². The Hall–Kier alpha value is -3.02. The van der Waals surface area contributed by atoms with E-state index >= 15 is 0 Å². The first kappa shape index (κ1) is 18.3. The molecule has 2 heterocycles. The van der Waals surface area contributed by atoms with Crippen LogP contribution in [0, 0.1) is 11.7 Å². The molecular formula is C22H23FN4O. The van der Waals surface area contributed by atoms with Crippen molar-refractivity contribution in [3.8, 4) is 0 Å². The number of hydrogen-bond acceptors (Lipinski definition) is 4. The summed E-state index contributed by atoms with van der Waals surface area (Å²) in [5, 5.41) is 13.2. The number of nitrogens with zero attached hydrogens (tertiary/aromatic N) is 3. The van der Waals surface area contributed by atoms with Crippen LogP contribution in [0.1, 0.15) is 35.8 Å². The zero-order valence-corrected chi connectivity index (χ0v) is 15.9. The van der Waals surface area contributed by atoms with Gasteiger partial charge in [-0.25, -0.2) is 4.39 Å². The Morgan fingerprint density at radius 3 is 2.61 bits per heavy atom. The lowest BCUT2D eigenvalue weighted by Gasteiger charge is -2.31. The van der Waals surface area contributed by atoms with Crippen molar-refractivity contribution < 1.29 is 9.18 Å². The first-order chi connectivity index (χ1) is 13.6. The first-order valence-corrected chi connectivity index (χ1v) is 9.65. The van der Waals surface area contributed by atoms with Crippen LogP contribution in [0.3, 0.4) is 0 Å². The van der Waals surface area contributed by atoms with Crippen molar-refractivity contribution >= 4 is 22.5 Å². The quantitative estimate of drug-likeness (QED) is 0.747. The van der Waals surface area contributed by atoms with Crippen molar-refractivity contribution in [1.82, 2.24) is 15.5 Å². The molecule has 1 saturated heterocycles. The van der Waals surface area contributed by atoms with Gasteiger partial charge in [0.25, 0.3) is 5.91 Å². The predicted octanol–water partition coefficient (Wildman–Crippen LogP) is 3.94. The maximum Gasteiger partial charge on any atom is 0.272 e. The van der Waals surface area contributed by atoms with Gasteiger partial charge in [0.05, 0.1) is 0 Å². The van der Waals surface area contributed by atoms with Gasteiger partial charge in [0.15, 0.2) is 11.5 Å². The van der Waals surface area contributed by atoms with Crippen molar-refractivity contribution in [3.63, 3.8) is 0 Å². The Kier molecular flexibility index (Phi) is 5.19. The number of carbonyl (C=O) groups is 1. The average molecular weight is 378 g/mol.